The van der Waals surface area contributed by atoms with Crippen molar-refractivity contribution in [2.24, 2.45) is 0 Å². The lowest BCUT2D eigenvalue weighted by Gasteiger charge is -2.06. The maximum absolute atomic E-state index is 13.0. The number of nitrogens with zero attached hydrogens (tertiary/aromatic N) is 1. The number of rotatable bonds is 6. The lowest BCUT2D eigenvalue weighted by Crippen LogP contribution is -2.06. The Bertz CT molecular complexity index is 778. The summed E-state index contributed by atoms with van der Waals surface area (Å²) in [6, 6.07) is 9.97. The summed E-state index contributed by atoms with van der Waals surface area (Å²) in [7, 11) is 1.52. The van der Waals surface area contributed by atoms with E-state index < -0.39 is 0 Å². The van der Waals surface area contributed by atoms with Crippen LogP contribution >= 0.6 is 11.3 Å². The highest BCUT2D eigenvalue weighted by atomic mass is 32.1. The van der Waals surface area contributed by atoms with E-state index in [1.807, 2.05) is 12.1 Å². The number of allylic oxidation sites excluding steroid dienone is 4. The first-order chi connectivity index (χ1) is 11.4. The molecule has 2 aromatic rings. The SMILES string of the molecule is CO/C(C)=C/C=C(\C(C)c1ccc(-c2ccc(F)cc2)s1)[N+](=O)[O-]. The first-order valence-electron chi connectivity index (χ1n) is 7.35. The largest absolute Gasteiger partial charge is 0.501 e. The number of halogens is 1. The van der Waals surface area contributed by atoms with Crippen molar-refractivity contribution >= 4 is 11.3 Å². The molecule has 24 heavy (non-hydrogen) atoms. The molecule has 0 aliphatic rings. The quantitative estimate of drug-likeness (QED) is 0.305. The fraction of sp³-hybridized carbons (Fsp3) is 0.222. The summed E-state index contributed by atoms with van der Waals surface area (Å²) in [5, 5.41) is 11.4. The Morgan fingerprint density at radius 1 is 1.25 bits per heavy atom. The van der Waals surface area contributed by atoms with Gasteiger partial charge in [-0.25, -0.2) is 4.39 Å². The normalized spacial score (nSPS) is 13.7. The molecule has 0 radical (unpaired) electrons. The fourth-order valence-electron chi connectivity index (χ4n) is 2.13. The highest BCUT2D eigenvalue weighted by molar-refractivity contribution is 7.15. The Kier molecular flexibility index (Phi) is 5.87. The van der Waals surface area contributed by atoms with Crippen molar-refractivity contribution in [2.45, 2.75) is 19.8 Å². The summed E-state index contributed by atoms with van der Waals surface area (Å²) in [6.45, 7) is 3.53. The summed E-state index contributed by atoms with van der Waals surface area (Å²) < 4.78 is 18.0. The van der Waals surface area contributed by atoms with E-state index in [0.29, 0.717) is 5.76 Å². The summed E-state index contributed by atoms with van der Waals surface area (Å²) in [5.41, 5.74) is 0.987. The van der Waals surface area contributed by atoms with E-state index in [2.05, 4.69) is 0 Å². The maximum Gasteiger partial charge on any atom is 0.254 e. The maximum atomic E-state index is 13.0. The van der Waals surface area contributed by atoms with Crippen molar-refractivity contribution in [3.63, 3.8) is 0 Å². The van der Waals surface area contributed by atoms with Crippen molar-refractivity contribution in [3.8, 4) is 10.4 Å². The Labute approximate surface area is 144 Å². The van der Waals surface area contributed by atoms with Crippen LogP contribution in [0.15, 0.2) is 60.0 Å². The molecule has 4 nitrogen and oxygen atoms in total. The molecule has 0 N–H and O–H groups in total. The molecule has 1 unspecified atom stereocenters. The fourth-order valence-corrected chi connectivity index (χ4v) is 3.21. The van der Waals surface area contributed by atoms with Gasteiger partial charge in [0, 0.05) is 15.8 Å². The number of hydrogen-bond acceptors (Lipinski definition) is 4. The van der Waals surface area contributed by atoms with E-state index in [1.54, 1.807) is 32.1 Å². The van der Waals surface area contributed by atoms with E-state index in [9.17, 15) is 14.5 Å². The van der Waals surface area contributed by atoms with Crippen LogP contribution in [-0.2, 0) is 4.74 Å². The molecular formula is C18H18FNO3S. The topological polar surface area (TPSA) is 52.4 Å². The second kappa shape index (κ2) is 7.88. The average Bonchev–Trinajstić information content (AvgIpc) is 3.05. The molecule has 1 heterocycles. The smallest absolute Gasteiger partial charge is 0.254 e. The van der Waals surface area contributed by atoms with Gasteiger partial charge in [-0.05, 0) is 49.8 Å². The molecule has 0 spiro atoms. The van der Waals surface area contributed by atoms with Gasteiger partial charge in [0.15, 0.2) is 0 Å². The number of hydrogen-bond donors (Lipinski definition) is 0. The molecule has 126 valence electrons. The number of ether oxygens (including phenoxy) is 1. The van der Waals surface area contributed by atoms with E-state index in [1.165, 1.54) is 36.7 Å². The van der Waals surface area contributed by atoms with Crippen LogP contribution in [0.25, 0.3) is 10.4 Å². The van der Waals surface area contributed by atoms with Gasteiger partial charge in [-0.15, -0.1) is 11.3 Å². The van der Waals surface area contributed by atoms with Crippen LogP contribution in [-0.4, -0.2) is 12.0 Å². The van der Waals surface area contributed by atoms with Gasteiger partial charge < -0.3 is 4.74 Å². The molecule has 1 aromatic carbocycles. The van der Waals surface area contributed by atoms with E-state index in [0.717, 1.165) is 15.3 Å². The van der Waals surface area contributed by atoms with Gasteiger partial charge in [-0.3, -0.25) is 10.1 Å². The molecule has 2 rings (SSSR count). The third-order valence-electron chi connectivity index (χ3n) is 3.65. The van der Waals surface area contributed by atoms with E-state index in [-0.39, 0.29) is 22.4 Å². The summed E-state index contributed by atoms with van der Waals surface area (Å²) in [6.07, 6.45) is 3.06. The Morgan fingerprint density at radius 3 is 2.50 bits per heavy atom. The Morgan fingerprint density at radius 2 is 1.92 bits per heavy atom. The molecule has 0 aliphatic carbocycles. The van der Waals surface area contributed by atoms with Crippen molar-refractivity contribution < 1.29 is 14.1 Å². The minimum atomic E-state index is -0.374. The lowest BCUT2D eigenvalue weighted by molar-refractivity contribution is -0.429. The standard InChI is InChI=1S/C18H18FNO3S/c1-12(23-3)4-9-16(20(21)22)13(2)17-10-11-18(24-17)14-5-7-15(19)8-6-14/h4-11,13H,1-3H3/b12-4+,16-9+. The number of methoxy groups -OCH3 is 1. The molecule has 0 amide bonds. The van der Waals surface area contributed by atoms with Gasteiger partial charge >= 0.3 is 0 Å². The molecule has 0 fully saturated rings. The highest BCUT2D eigenvalue weighted by Gasteiger charge is 2.23. The summed E-state index contributed by atoms with van der Waals surface area (Å²) >= 11 is 1.47. The number of nitro groups is 1. The molecule has 1 atom stereocenters. The van der Waals surface area contributed by atoms with Gasteiger partial charge in [0.05, 0.1) is 23.7 Å². The van der Waals surface area contributed by atoms with Crippen molar-refractivity contribution in [1.82, 2.24) is 0 Å². The Balaban J connectivity index is 2.29. The first kappa shape index (κ1) is 17.9. The summed E-state index contributed by atoms with van der Waals surface area (Å²) in [5.74, 6) is -0.0531. The van der Waals surface area contributed by atoms with Crippen LogP contribution in [0.2, 0.25) is 0 Å². The molecule has 0 saturated heterocycles. The zero-order valence-corrected chi connectivity index (χ0v) is 14.5. The minimum absolute atomic E-state index is 0.0962. The molecule has 0 aliphatic heterocycles. The monoisotopic (exact) mass is 347 g/mol. The first-order valence-corrected chi connectivity index (χ1v) is 8.16. The second-order valence-corrected chi connectivity index (χ2v) is 6.38. The van der Waals surface area contributed by atoms with Gasteiger partial charge in [0.2, 0.25) is 0 Å². The summed E-state index contributed by atoms with van der Waals surface area (Å²) in [4.78, 5) is 12.8. The van der Waals surface area contributed by atoms with Gasteiger partial charge in [-0.2, -0.15) is 0 Å². The number of benzene rings is 1. The predicted molar refractivity (Wildman–Crippen MR) is 94.0 cm³/mol. The number of thiophene rings is 1. The molecule has 0 bridgehead atoms. The average molecular weight is 347 g/mol. The minimum Gasteiger partial charge on any atom is -0.501 e. The van der Waals surface area contributed by atoms with Crippen LogP contribution in [0.3, 0.4) is 0 Å². The van der Waals surface area contributed by atoms with Crippen molar-refractivity contribution in [1.29, 1.82) is 0 Å². The van der Waals surface area contributed by atoms with Gasteiger partial charge in [0.1, 0.15) is 5.82 Å². The lowest BCUT2D eigenvalue weighted by atomic mass is 10.1. The van der Waals surface area contributed by atoms with Crippen LogP contribution in [0, 0.1) is 15.9 Å². The van der Waals surface area contributed by atoms with Crippen LogP contribution in [0.4, 0.5) is 4.39 Å². The molecule has 0 saturated carbocycles. The van der Waals surface area contributed by atoms with Gasteiger partial charge in [-0.1, -0.05) is 12.1 Å². The molecule has 6 heteroatoms. The Hall–Kier alpha value is -2.47. The van der Waals surface area contributed by atoms with Crippen LogP contribution < -0.4 is 0 Å². The van der Waals surface area contributed by atoms with Crippen molar-refractivity contribution in [3.05, 3.63) is 80.8 Å². The van der Waals surface area contributed by atoms with Gasteiger partial charge in [0.25, 0.3) is 5.70 Å². The third kappa shape index (κ3) is 4.29. The highest BCUT2D eigenvalue weighted by Crippen LogP contribution is 2.35. The zero-order valence-electron chi connectivity index (χ0n) is 13.7. The van der Waals surface area contributed by atoms with E-state index in [4.69, 9.17) is 4.74 Å². The van der Waals surface area contributed by atoms with E-state index >= 15 is 0 Å². The predicted octanol–water partition coefficient (Wildman–Crippen LogP) is 5.37. The van der Waals surface area contributed by atoms with Crippen LogP contribution in [0.5, 0.6) is 0 Å². The molecule has 1 aromatic heterocycles. The van der Waals surface area contributed by atoms with Crippen molar-refractivity contribution in [2.75, 3.05) is 7.11 Å². The second-order valence-electron chi connectivity index (χ2n) is 5.26. The third-order valence-corrected chi connectivity index (χ3v) is 4.96. The zero-order chi connectivity index (χ0) is 17.7. The molecular weight excluding hydrogens is 329 g/mol. The van der Waals surface area contributed by atoms with Crippen LogP contribution in [0.1, 0.15) is 24.6 Å².